The summed E-state index contributed by atoms with van der Waals surface area (Å²) in [4.78, 5) is 26.6. The van der Waals surface area contributed by atoms with Crippen molar-refractivity contribution in [2.75, 3.05) is 33.7 Å². The van der Waals surface area contributed by atoms with Crippen molar-refractivity contribution in [3.05, 3.63) is 0 Å². The van der Waals surface area contributed by atoms with Gasteiger partial charge >= 0.3 is 12.0 Å². The van der Waals surface area contributed by atoms with Crippen LogP contribution < -0.4 is 5.32 Å². The summed E-state index contributed by atoms with van der Waals surface area (Å²) in [5, 5.41) is 11.6. The third-order valence-electron chi connectivity index (χ3n) is 4.01. The van der Waals surface area contributed by atoms with E-state index in [0.29, 0.717) is 25.4 Å². The van der Waals surface area contributed by atoms with Gasteiger partial charge in [-0.3, -0.25) is 4.79 Å². The first-order valence-electron chi connectivity index (χ1n) is 7.33. The Morgan fingerprint density at radius 1 is 1.50 bits per heavy atom. The number of amides is 2. The smallest absolute Gasteiger partial charge is 0.317 e. The molecule has 2 amide bonds. The number of carbonyl (C=O) groups is 2. The second-order valence-electron chi connectivity index (χ2n) is 5.77. The zero-order valence-electron chi connectivity index (χ0n) is 12.8. The molecule has 6 nitrogen and oxygen atoms in total. The van der Waals surface area contributed by atoms with E-state index in [4.69, 9.17) is 5.11 Å². The van der Waals surface area contributed by atoms with Gasteiger partial charge in [-0.15, -0.1) is 0 Å². The van der Waals surface area contributed by atoms with Crippen LogP contribution in [0.25, 0.3) is 0 Å². The van der Waals surface area contributed by atoms with Crippen LogP contribution in [0.2, 0.25) is 0 Å². The van der Waals surface area contributed by atoms with Crippen LogP contribution in [0.5, 0.6) is 0 Å². The highest BCUT2D eigenvalue weighted by Gasteiger charge is 2.23. The number of hydrogen-bond donors (Lipinski definition) is 2. The Bertz CT molecular complexity index is 336. The predicted octanol–water partition coefficient (Wildman–Crippen LogP) is 1.22. The minimum absolute atomic E-state index is 0.0757. The first-order valence-corrected chi connectivity index (χ1v) is 7.33. The van der Waals surface area contributed by atoms with Crippen molar-refractivity contribution >= 4 is 12.0 Å². The second-order valence-corrected chi connectivity index (χ2v) is 5.77. The molecule has 20 heavy (non-hydrogen) atoms. The fraction of sp³-hybridized carbons (Fsp3) is 0.857. The molecule has 1 rings (SSSR count). The van der Waals surface area contributed by atoms with E-state index in [9.17, 15) is 9.59 Å². The summed E-state index contributed by atoms with van der Waals surface area (Å²) in [5.74, 6) is -1.13. The molecule has 0 aliphatic carbocycles. The number of carboxylic acids is 1. The standard InChI is InChI=1S/C14H27N3O3/c1-11(13(18)19)6-4-8-15-14(20)17(3)10-12-7-5-9-16(12)2/h11-12H,4-10H2,1-3H3,(H,15,20)(H,18,19). The Balaban J connectivity index is 2.16. The quantitative estimate of drug-likeness (QED) is 0.690. The Kier molecular flexibility index (Phi) is 6.78. The molecule has 1 heterocycles. The molecule has 116 valence electrons. The summed E-state index contributed by atoms with van der Waals surface area (Å²) in [6.07, 6.45) is 3.62. The normalized spacial score (nSPS) is 20.6. The van der Waals surface area contributed by atoms with Gasteiger partial charge in [0.1, 0.15) is 0 Å². The lowest BCUT2D eigenvalue weighted by Gasteiger charge is -2.26. The lowest BCUT2D eigenvalue weighted by Crippen LogP contribution is -2.44. The SMILES string of the molecule is CC(CCCNC(=O)N(C)CC1CCCN1C)C(=O)O. The van der Waals surface area contributed by atoms with Gasteiger partial charge in [-0.25, -0.2) is 4.79 Å². The highest BCUT2D eigenvalue weighted by molar-refractivity contribution is 5.73. The number of rotatable bonds is 7. The van der Waals surface area contributed by atoms with Gasteiger partial charge in [0.15, 0.2) is 0 Å². The maximum absolute atomic E-state index is 11.9. The lowest BCUT2D eigenvalue weighted by atomic mass is 10.1. The molecular weight excluding hydrogens is 258 g/mol. The third-order valence-corrected chi connectivity index (χ3v) is 4.01. The van der Waals surface area contributed by atoms with Crippen molar-refractivity contribution < 1.29 is 14.7 Å². The number of urea groups is 1. The first-order chi connectivity index (χ1) is 9.41. The van der Waals surface area contributed by atoms with Crippen LogP contribution in [-0.2, 0) is 4.79 Å². The lowest BCUT2D eigenvalue weighted by molar-refractivity contribution is -0.141. The second kappa shape index (κ2) is 8.09. The molecule has 2 N–H and O–H groups in total. The zero-order chi connectivity index (χ0) is 15.1. The summed E-state index contributed by atoms with van der Waals surface area (Å²) in [7, 11) is 3.90. The van der Waals surface area contributed by atoms with Gasteiger partial charge in [0.25, 0.3) is 0 Å². The summed E-state index contributed by atoms with van der Waals surface area (Å²) in [5.41, 5.74) is 0. The molecule has 0 aromatic heterocycles. The molecule has 1 fully saturated rings. The van der Waals surface area contributed by atoms with Crippen LogP contribution in [0.3, 0.4) is 0 Å². The Hall–Kier alpha value is -1.30. The number of carboxylic acid groups (broad SMARTS) is 1. The average Bonchev–Trinajstić information content (AvgIpc) is 2.79. The molecule has 2 atom stereocenters. The van der Waals surface area contributed by atoms with E-state index in [1.165, 1.54) is 6.42 Å². The van der Waals surface area contributed by atoms with E-state index in [-0.39, 0.29) is 11.9 Å². The molecule has 0 bridgehead atoms. The predicted molar refractivity (Wildman–Crippen MR) is 77.7 cm³/mol. The summed E-state index contributed by atoms with van der Waals surface area (Å²) in [6, 6.07) is 0.381. The fourth-order valence-corrected chi connectivity index (χ4v) is 2.47. The molecule has 1 aliphatic rings. The van der Waals surface area contributed by atoms with Gasteiger partial charge in [0, 0.05) is 26.2 Å². The van der Waals surface area contributed by atoms with Crippen LogP contribution >= 0.6 is 0 Å². The number of likely N-dealkylation sites (N-methyl/N-ethyl adjacent to an activating group) is 2. The Morgan fingerprint density at radius 3 is 2.75 bits per heavy atom. The molecule has 0 saturated carbocycles. The first kappa shape index (κ1) is 16.8. The topological polar surface area (TPSA) is 72.9 Å². The Morgan fingerprint density at radius 2 is 2.20 bits per heavy atom. The maximum Gasteiger partial charge on any atom is 0.317 e. The molecule has 0 aromatic rings. The molecular formula is C14H27N3O3. The third kappa shape index (κ3) is 5.36. The van der Waals surface area contributed by atoms with E-state index >= 15 is 0 Å². The van der Waals surface area contributed by atoms with Crippen molar-refractivity contribution in [3.63, 3.8) is 0 Å². The fourth-order valence-electron chi connectivity index (χ4n) is 2.47. The van der Waals surface area contributed by atoms with Crippen LogP contribution in [-0.4, -0.2) is 66.7 Å². The van der Waals surface area contributed by atoms with Gasteiger partial charge in [-0.2, -0.15) is 0 Å². The maximum atomic E-state index is 11.9. The van der Waals surface area contributed by atoms with Gasteiger partial charge in [0.2, 0.25) is 0 Å². The molecule has 0 radical (unpaired) electrons. The number of hydrogen-bond acceptors (Lipinski definition) is 3. The number of carbonyl (C=O) groups excluding carboxylic acids is 1. The largest absolute Gasteiger partial charge is 0.481 e. The molecule has 6 heteroatoms. The van der Waals surface area contributed by atoms with E-state index in [1.54, 1.807) is 18.9 Å². The van der Waals surface area contributed by atoms with Gasteiger partial charge in [-0.1, -0.05) is 6.92 Å². The van der Waals surface area contributed by atoms with Gasteiger partial charge < -0.3 is 20.2 Å². The van der Waals surface area contributed by atoms with Crippen molar-refractivity contribution in [1.82, 2.24) is 15.1 Å². The number of likely N-dealkylation sites (tertiary alicyclic amines) is 1. The molecule has 2 unspecified atom stereocenters. The van der Waals surface area contributed by atoms with Crippen LogP contribution in [0.4, 0.5) is 4.79 Å². The number of aliphatic carboxylic acids is 1. The number of nitrogens with zero attached hydrogens (tertiary/aromatic N) is 2. The molecule has 0 spiro atoms. The van der Waals surface area contributed by atoms with E-state index in [1.807, 2.05) is 0 Å². The minimum atomic E-state index is -0.780. The van der Waals surface area contributed by atoms with Crippen molar-refractivity contribution in [2.45, 2.75) is 38.6 Å². The van der Waals surface area contributed by atoms with Gasteiger partial charge in [0.05, 0.1) is 5.92 Å². The van der Waals surface area contributed by atoms with E-state index in [2.05, 4.69) is 17.3 Å². The van der Waals surface area contributed by atoms with E-state index < -0.39 is 5.97 Å². The molecule has 1 aliphatic heterocycles. The minimum Gasteiger partial charge on any atom is -0.481 e. The van der Waals surface area contributed by atoms with Gasteiger partial charge in [-0.05, 0) is 39.3 Å². The van der Waals surface area contributed by atoms with Crippen LogP contribution in [0.15, 0.2) is 0 Å². The molecule has 1 saturated heterocycles. The van der Waals surface area contributed by atoms with Crippen molar-refractivity contribution in [3.8, 4) is 0 Å². The zero-order valence-corrected chi connectivity index (χ0v) is 12.8. The highest BCUT2D eigenvalue weighted by Crippen LogP contribution is 2.15. The van der Waals surface area contributed by atoms with Crippen molar-refractivity contribution in [2.24, 2.45) is 5.92 Å². The van der Waals surface area contributed by atoms with E-state index in [0.717, 1.165) is 19.5 Å². The summed E-state index contributed by atoms with van der Waals surface area (Å²) in [6.45, 7) is 4.06. The Labute approximate surface area is 121 Å². The number of nitrogens with one attached hydrogen (secondary N) is 1. The van der Waals surface area contributed by atoms with Crippen LogP contribution in [0, 0.1) is 5.92 Å². The average molecular weight is 285 g/mol. The molecule has 0 aromatic carbocycles. The highest BCUT2D eigenvalue weighted by atomic mass is 16.4. The summed E-state index contributed by atoms with van der Waals surface area (Å²) >= 11 is 0. The summed E-state index contributed by atoms with van der Waals surface area (Å²) < 4.78 is 0. The van der Waals surface area contributed by atoms with Crippen LogP contribution in [0.1, 0.15) is 32.6 Å². The monoisotopic (exact) mass is 285 g/mol. The van der Waals surface area contributed by atoms with Crippen molar-refractivity contribution in [1.29, 1.82) is 0 Å².